The molecule has 0 spiro atoms. The summed E-state index contributed by atoms with van der Waals surface area (Å²) in [6, 6.07) is 10.5. The SMILES string of the molecule is CN1CC(Br)(c2ccccc2)C(C(C)(C)C)=N1. The van der Waals surface area contributed by atoms with Gasteiger partial charge in [-0.2, -0.15) is 5.10 Å². The van der Waals surface area contributed by atoms with E-state index in [1.165, 1.54) is 11.3 Å². The van der Waals surface area contributed by atoms with Gasteiger partial charge in [0.25, 0.3) is 0 Å². The quantitative estimate of drug-likeness (QED) is 0.722. The van der Waals surface area contributed by atoms with Crippen molar-refractivity contribution in [2.45, 2.75) is 25.1 Å². The minimum atomic E-state index is -0.152. The number of hydrogen-bond acceptors (Lipinski definition) is 2. The Labute approximate surface area is 112 Å². The van der Waals surface area contributed by atoms with Crippen molar-refractivity contribution in [3.63, 3.8) is 0 Å². The Balaban J connectivity index is 2.48. The molecule has 2 nitrogen and oxygen atoms in total. The molecular weight excluding hydrogens is 276 g/mol. The van der Waals surface area contributed by atoms with E-state index in [4.69, 9.17) is 5.10 Å². The highest BCUT2D eigenvalue weighted by atomic mass is 79.9. The summed E-state index contributed by atoms with van der Waals surface area (Å²) in [5.41, 5.74) is 2.53. The molecule has 17 heavy (non-hydrogen) atoms. The van der Waals surface area contributed by atoms with Crippen molar-refractivity contribution in [3.05, 3.63) is 35.9 Å². The molecule has 1 unspecified atom stereocenters. The second-order valence-electron chi connectivity index (χ2n) is 5.68. The van der Waals surface area contributed by atoms with Gasteiger partial charge in [0.15, 0.2) is 0 Å². The van der Waals surface area contributed by atoms with Crippen LogP contribution in [0.15, 0.2) is 35.4 Å². The molecule has 3 heteroatoms. The van der Waals surface area contributed by atoms with Gasteiger partial charge in [-0.05, 0) is 5.56 Å². The lowest BCUT2D eigenvalue weighted by atomic mass is 9.79. The number of alkyl halides is 1. The van der Waals surface area contributed by atoms with Crippen LogP contribution < -0.4 is 0 Å². The first-order valence-electron chi connectivity index (χ1n) is 5.89. The second kappa shape index (κ2) is 4.13. The van der Waals surface area contributed by atoms with E-state index in [1.807, 2.05) is 18.1 Å². The Morgan fingerprint density at radius 1 is 1.24 bits per heavy atom. The third-order valence-electron chi connectivity index (χ3n) is 3.03. The molecule has 92 valence electrons. The molecule has 2 rings (SSSR count). The first kappa shape index (κ1) is 12.6. The first-order chi connectivity index (χ1) is 7.84. The lowest BCUT2D eigenvalue weighted by Crippen LogP contribution is -2.38. The summed E-state index contributed by atoms with van der Waals surface area (Å²) < 4.78 is -0.152. The van der Waals surface area contributed by atoms with Crippen LogP contribution in [0.1, 0.15) is 26.3 Å². The molecule has 0 aromatic heterocycles. The summed E-state index contributed by atoms with van der Waals surface area (Å²) in [7, 11) is 2.03. The Hall–Kier alpha value is -0.830. The number of likely N-dealkylation sites (N-methyl/N-ethyl adjacent to an activating group) is 1. The van der Waals surface area contributed by atoms with Gasteiger partial charge in [-0.3, -0.25) is 5.01 Å². The second-order valence-corrected chi connectivity index (χ2v) is 7.04. The fourth-order valence-electron chi connectivity index (χ4n) is 2.35. The fourth-order valence-corrected chi connectivity index (χ4v) is 3.65. The molecule has 0 fully saturated rings. The van der Waals surface area contributed by atoms with Gasteiger partial charge in [0.2, 0.25) is 0 Å². The smallest absolute Gasteiger partial charge is 0.110 e. The van der Waals surface area contributed by atoms with Crippen LogP contribution in [-0.2, 0) is 4.32 Å². The molecule has 0 radical (unpaired) electrons. The summed E-state index contributed by atoms with van der Waals surface area (Å²) in [6.07, 6.45) is 0. The Morgan fingerprint density at radius 2 is 1.82 bits per heavy atom. The Morgan fingerprint density at radius 3 is 2.35 bits per heavy atom. The van der Waals surface area contributed by atoms with Gasteiger partial charge in [-0.25, -0.2) is 0 Å². The summed E-state index contributed by atoms with van der Waals surface area (Å²) in [5.74, 6) is 0. The third-order valence-corrected chi connectivity index (χ3v) is 4.12. The molecule has 1 aliphatic rings. The van der Waals surface area contributed by atoms with E-state index in [9.17, 15) is 0 Å². The largest absolute Gasteiger partial charge is 0.298 e. The lowest BCUT2D eigenvalue weighted by Gasteiger charge is -2.31. The van der Waals surface area contributed by atoms with Crippen molar-refractivity contribution in [1.29, 1.82) is 0 Å². The highest BCUT2D eigenvalue weighted by molar-refractivity contribution is 9.10. The van der Waals surface area contributed by atoms with Crippen LogP contribution in [0.4, 0.5) is 0 Å². The van der Waals surface area contributed by atoms with Crippen molar-refractivity contribution < 1.29 is 0 Å². The van der Waals surface area contributed by atoms with E-state index in [0.717, 1.165) is 6.54 Å². The van der Waals surface area contributed by atoms with E-state index >= 15 is 0 Å². The average molecular weight is 295 g/mol. The molecule has 0 N–H and O–H groups in total. The first-order valence-corrected chi connectivity index (χ1v) is 6.68. The standard InChI is InChI=1S/C14H19BrN2/c1-13(2,3)12-14(15,10-17(4)16-12)11-8-6-5-7-9-11/h5-9H,10H2,1-4H3. The van der Waals surface area contributed by atoms with Gasteiger partial charge >= 0.3 is 0 Å². The van der Waals surface area contributed by atoms with Gasteiger partial charge in [-0.15, -0.1) is 0 Å². The molecule has 1 heterocycles. The normalized spacial score (nSPS) is 25.0. The molecule has 0 saturated carbocycles. The van der Waals surface area contributed by atoms with Crippen LogP contribution >= 0.6 is 15.9 Å². The number of nitrogens with zero attached hydrogens (tertiary/aromatic N) is 2. The highest BCUT2D eigenvalue weighted by Gasteiger charge is 2.45. The van der Waals surface area contributed by atoms with Crippen LogP contribution in [0, 0.1) is 5.41 Å². The van der Waals surface area contributed by atoms with Gasteiger partial charge in [0.1, 0.15) is 4.32 Å². The minimum Gasteiger partial charge on any atom is -0.298 e. The number of hydrogen-bond donors (Lipinski definition) is 0. The molecule has 1 aromatic rings. The Kier molecular flexibility index (Phi) is 3.06. The predicted octanol–water partition coefficient (Wildman–Crippen LogP) is 3.62. The molecular formula is C14H19BrN2. The van der Waals surface area contributed by atoms with E-state index < -0.39 is 0 Å². The minimum absolute atomic E-state index is 0.0596. The summed E-state index contributed by atoms with van der Waals surface area (Å²) in [5, 5.41) is 6.71. The van der Waals surface area contributed by atoms with E-state index in [0.29, 0.717) is 0 Å². The van der Waals surface area contributed by atoms with Crippen molar-refractivity contribution in [1.82, 2.24) is 5.01 Å². The molecule has 1 atom stereocenters. The molecule has 0 saturated heterocycles. The summed E-state index contributed by atoms with van der Waals surface area (Å²) >= 11 is 3.92. The zero-order valence-corrected chi connectivity index (χ0v) is 12.5. The monoisotopic (exact) mass is 294 g/mol. The molecule has 1 aliphatic heterocycles. The van der Waals surface area contributed by atoms with Crippen LogP contribution in [0.25, 0.3) is 0 Å². The number of halogens is 1. The zero-order valence-electron chi connectivity index (χ0n) is 10.9. The van der Waals surface area contributed by atoms with Crippen LogP contribution in [0.2, 0.25) is 0 Å². The van der Waals surface area contributed by atoms with Crippen molar-refractivity contribution >= 4 is 21.6 Å². The van der Waals surface area contributed by atoms with Crippen molar-refractivity contribution in [3.8, 4) is 0 Å². The van der Waals surface area contributed by atoms with Gasteiger partial charge in [-0.1, -0.05) is 67.0 Å². The highest BCUT2D eigenvalue weighted by Crippen LogP contribution is 2.43. The fraction of sp³-hybridized carbons (Fsp3) is 0.500. The van der Waals surface area contributed by atoms with Gasteiger partial charge in [0, 0.05) is 12.5 Å². The maximum absolute atomic E-state index is 4.69. The van der Waals surface area contributed by atoms with Crippen LogP contribution in [-0.4, -0.2) is 24.3 Å². The molecule has 0 bridgehead atoms. The van der Waals surface area contributed by atoms with Crippen molar-refractivity contribution in [2.24, 2.45) is 10.5 Å². The van der Waals surface area contributed by atoms with E-state index in [-0.39, 0.29) is 9.74 Å². The summed E-state index contributed by atoms with van der Waals surface area (Å²) in [4.78, 5) is 0. The lowest BCUT2D eigenvalue weighted by molar-refractivity contribution is 0.375. The Bertz CT molecular complexity index is 433. The maximum Gasteiger partial charge on any atom is 0.110 e. The molecule has 1 aromatic carbocycles. The third kappa shape index (κ3) is 2.25. The zero-order chi connectivity index (χ0) is 12.7. The topological polar surface area (TPSA) is 15.6 Å². The molecule has 0 aliphatic carbocycles. The van der Waals surface area contributed by atoms with Crippen LogP contribution in [0.3, 0.4) is 0 Å². The number of benzene rings is 1. The van der Waals surface area contributed by atoms with E-state index in [1.54, 1.807) is 0 Å². The van der Waals surface area contributed by atoms with Crippen LogP contribution in [0.5, 0.6) is 0 Å². The van der Waals surface area contributed by atoms with Crippen molar-refractivity contribution in [2.75, 3.05) is 13.6 Å². The van der Waals surface area contributed by atoms with Gasteiger partial charge in [0.05, 0.1) is 12.3 Å². The molecule has 0 amide bonds. The number of hydrazone groups is 1. The van der Waals surface area contributed by atoms with E-state index in [2.05, 4.69) is 61.0 Å². The predicted molar refractivity (Wildman–Crippen MR) is 76.6 cm³/mol. The maximum atomic E-state index is 4.69. The average Bonchev–Trinajstić information content (AvgIpc) is 2.56. The number of rotatable bonds is 1. The summed E-state index contributed by atoms with van der Waals surface area (Å²) in [6.45, 7) is 7.52. The van der Waals surface area contributed by atoms with Gasteiger partial charge < -0.3 is 0 Å².